The van der Waals surface area contributed by atoms with Crippen LogP contribution in [-0.2, 0) is 24.1 Å². The number of carbonyl (C=O) groups is 2. The van der Waals surface area contributed by atoms with Crippen molar-refractivity contribution in [3.63, 3.8) is 0 Å². The number of imide groups is 1. The number of carbonyl (C=O) groups excluding carboxylic acids is 2. The van der Waals surface area contributed by atoms with Crippen molar-refractivity contribution in [2.24, 2.45) is 0 Å². The fraction of sp³-hybridized carbons (Fsp3) is 0.333. The number of benzene rings is 4. The molecule has 1 fully saturated rings. The Morgan fingerprint density at radius 3 is 1.95 bits per heavy atom. The Labute approximate surface area is 373 Å². The Hall–Kier alpha value is -6.11. The number of anilines is 1. The van der Waals surface area contributed by atoms with E-state index >= 15 is 0 Å². The van der Waals surface area contributed by atoms with Gasteiger partial charge in [0.1, 0.15) is 35.8 Å². The zero-order chi connectivity index (χ0) is 45.0. The molecule has 6 aromatic rings. The van der Waals surface area contributed by atoms with Crippen LogP contribution in [0.4, 0.5) is 5.82 Å². The quantitative estimate of drug-likeness (QED) is 0.0349. The van der Waals surface area contributed by atoms with Crippen LogP contribution in [0.1, 0.15) is 84.2 Å². The molecule has 0 aliphatic carbocycles. The molecule has 0 bridgehead atoms. The maximum atomic E-state index is 13.6. The highest BCUT2D eigenvalue weighted by molar-refractivity contribution is 7.44. The number of nitrogens with zero attached hydrogens (tertiary/aromatic N) is 7. The number of methoxy groups -OCH3 is 2. The Morgan fingerprint density at radius 1 is 0.812 bits per heavy atom. The van der Waals surface area contributed by atoms with Gasteiger partial charge in [0, 0.05) is 18.5 Å². The number of rotatable bonds is 18. The zero-order valence-electron chi connectivity index (χ0n) is 36.5. The van der Waals surface area contributed by atoms with Crippen molar-refractivity contribution in [1.29, 1.82) is 5.26 Å². The first-order valence-electron chi connectivity index (χ1n) is 21.1. The molecule has 0 spiro atoms. The van der Waals surface area contributed by atoms with E-state index in [1.165, 1.54) is 6.33 Å². The van der Waals surface area contributed by atoms with Crippen LogP contribution in [0, 0.1) is 11.3 Å². The minimum absolute atomic E-state index is 0.0424. The summed E-state index contributed by atoms with van der Waals surface area (Å²) in [4.78, 5) is 41.9. The summed E-state index contributed by atoms with van der Waals surface area (Å²) in [6, 6.07) is 34.6. The Morgan fingerprint density at radius 2 is 1.39 bits per heavy atom. The van der Waals surface area contributed by atoms with Gasteiger partial charge in [0.25, 0.3) is 20.3 Å². The molecule has 2 aliphatic rings. The Balaban J connectivity index is 1.20. The third kappa shape index (κ3) is 8.48. The summed E-state index contributed by atoms with van der Waals surface area (Å²) in [7, 11) is 1.56. The minimum atomic E-state index is -1.70. The molecular weight excluding hydrogens is 834 g/mol. The lowest BCUT2D eigenvalue weighted by Gasteiger charge is -2.39. The van der Waals surface area contributed by atoms with Crippen LogP contribution in [0.25, 0.3) is 11.2 Å². The van der Waals surface area contributed by atoms with Crippen molar-refractivity contribution in [3.05, 3.63) is 144 Å². The van der Waals surface area contributed by atoms with E-state index in [2.05, 4.69) is 53.4 Å². The molecule has 2 amide bonds. The van der Waals surface area contributed by atoms with Gasteiger partial charge in [0.15, 0.2) is 17.0 Å². The van der Waals surface area contributed by atoms with Crippen molar-refractivity contribution in [2.45, 2.75) is 76.7 Å². The average molecular weight is 884 g/mol. The number of fused-ring (bicyclic) bond motifs is 2. The van der Waals surface area contributed by atoms with Gasteiger partial charge in [-0.1, -0.05) is 66.7 Å². The second kappa shape index (κ2) is 19.3. The number of ether oxygens (including phenoxy) is 4. The van der Waals surface area contributed by atoms with Crippen molar-refractivity contribution in [2.75, 3.05) is 32.3 Å². The van der Waals surface area contributed by atoms with Crippen LogP contribution in [0.5, 0.6) is 11.5 Å². The lowest BCUT2D eigenvalue weighted by molar-refractivity contribution is -0.0912. The van der Waals surface area contributed by atoms with E-state index < -0.39 is 44.4 Å². The van der Waals surface area contributed by atoms with E-state index in [1.54, 1.807) is 49.4 Å². The number of nitriles is 1. The van der Waals surface area contributed by atoms with Crippen LogP contribution < -0.4 is 14.4 Å². The van der Waals surface area contributed by atoms with Crippen LogP contribution in [-0.4, -0.2) is 87.7 Å². The summed E-state index contributed by atoms with van der Waals surface area (Å²) < 4.78 is 42.9. The zero-order valence-corrected chi connectivity index (χ0v) is 37.4. The second-order valence-corrected chi connectivity index (χ2v) is 17.3. The van der Waals surface area contributed by atoms with Crippen molar-refractivity contribution in [1.82, 2.24) is 24.2 Å². The number of amides is 2. The fourth-order valence-corrected chi connectivity index (χ4v) is 10.2. The molecule has 1 unspecified atom stereocenters. The van der Waals surface area contributed by atoms with Crippen LogP contribution in [0.15, 0.2) is 116 Å². The highest BCUT2D eigenvalue weighted by atomic mass is 31.2. The second-order valence-electron chi connectivity index (χ2n) is 15.9. The minimum Gasteiger partial charge on any atom is -0.497 e. The van der Waals surface area contributed by atoms with Gasteiger partial charge in [-0.15, -0.1) is 0 Å². The molecule has 0 N–H and O–H groups in total. The third-order valence-corrected chi connectivity index (χ3v) is 13.5. The van der Waals surface area contributed by atoms with E-state index in [0.29, 0.717) is 34.7 Å². The lowest BCUT2D eigenvalue weighted by Crippen LogP contribution is -2.39. The van der Waals surface area contributed by atoms with E-state index in [4.69, 9.17) is 28.0 Å². The van der Waals surface area contributed by atoms with Gasteiger partial charge in [-0.2, -0.15) is 5.26 Å². The van der Waals surface area contributed by atoms with E-state index in [0.717, 1.165) is 21.6 Å². The van der Waals surface area contributed by atoms with Gasteiger partial charge in [0.2, 0.25) is 0 Å². The average Bonchev–Trinajstić information content (AvgIpc) is 4.00. The summed E-state index contributed by atoms with van der Waals surface area (Å²) in [6.07, 6.45) is 1.42. The SMILES string of the molecule is COc1ccc(C(OC[C@H]2O[C@@H](n3cnc4c(N5C(=O)c6ccccc6C5=O)ncnc43)C[C@@H]2OP(OCCC#N)N(C(C)C)C(C)C)(c2ccccc2)c2ccc(OC)cc2)cc1. The van der Waals surface area contributed by atoms with Gasteiger partial charge in [-0.3, -0.25) is 14.2 Å². The first-order chi connectivity index (χ1) is 31.1. The Bertz CT molecular complexity index is 2530. The van der Waals surface area contributed by atoms with E-state index in [9.17, 15) is 14.9 Å². The van der Waals surface area contributed by atoms with E-state index in [-0.39, 0.29) is 43.1 Å². The molecule has 2 aliphatic heterocycles. The van der Waals surface area contributed by atoms with E-state index in [1.807, 2.05) is 78.9 Å². The molecule has 4 aromatic carbocycles. The molecule has 16 heteroatoms. The van der Waals surface area contributed by atoms with Gasteiger partial charge < -0.3 is 28.0 Å². The third-order valence-electron chi connectivity index (χ3n) is 11.4. The highest BCUT2D eigenvalue weighted by Crippen LogP contribution is 2.51. The molecule has 330 valence electrons. The molecule has 4 atom stereocenters. The standard InChI is InChI=1S/C48H50N7O8P/c1-31(2)55(32(3)4)64(61-26-12-25-49)63-40-27-42(53-30-52-43-44(53)50-29-51-45(43)54-46(56)38-15-10-11-16-39(38)47(54)57)62-41(40)28-60-48(33-13-8-7-9-14-33,34-17-21-36(58-5)22-18-34)35-19-23-37(59-6)24-20-35/h7-11,13-24,29-32,40-42H,12,26-28H2,1-6H3/t40-,41+,42+,64?/m0/s1. The van der Waals surface area contributed by atoms with Crippen LogP contribution in [0.2, 0.25) is 0 Å². The maximum Gasteiger partial charge on any atom is 0.267 e. The number of aromatic nitrogens is 4. The molecule has 0 saturated carbocycles. The molecule has 0 radical (unpaired) electrons. The first kappa shape index (κ1) is 44.5. The van der Waals surface area contributed by atoms with Gasteiger partial charge >= 0.3 is 0 Å². The summed E-state index contributed by atoms with van der Waals surface area (Å²) in [5, 5.41) is 9.45. The van der Waals surface area contributed by atoms with Crippen molar-refractivity contribution < 1.29 is 37.6 Å². The summed E-state index contributed by atoms with van der Waals surface area (Å²) in [5.41, 5.74) is 2.63. The van der Waals surface area contributed by atoms with Gasteiger partial charge in [-0.25, -0.2) is 24.5 Å². The molecule has 15 nitrogen and oxygen atoms in total. The number of hydrogen-bond donors (Lipinski definition) is 0. The topological polar surface area (TPSA) is 163 Å². The maximum absolute atomic E-state index is 13.6. The van der Waals surface area contributed by atoms with Gasteiger partial charge in [-0.05, 0) is 80.8 Å². The fourth-order valence-electron chi connectivity index (χ4n) is 8.42. The van der Waals surface area contributed by atoms with Crippen molar-refractivity contribution in [3.8, 4) is 17.6 Å². The predicted molar refractivity (Wildman–Crippen MR) is 240 cm³/mol. The number of imidazole rings is 1. The summed E-state index contributed by atoms with van der Waals surface area (Å²) >= 11 is 0. The van der Waals surface area contributed by atoms with Crippen molar-refractivity contribution >= 4 is 37.3 Å². The molecule has 2 aromatic heterocycles. The predicted octanol–water partition coefficient (Wildman–Crippen LogP) is 8.60. The van der Waals surface area contributed by atoms with Gasteiger partial charge in [0.05, 0.1) is 63.5 Å². The molecular formula is C48H50N7O8P. The largest absolute Gasteiger partial charge is 0.497 e. The molecule has 4 heterocycles. The number of hydrogen-bond acceptors (Lipinski definition) is 13. The normalized spacial score (nSPS) is 18.0. The first-order valence-corrected chi connectivity index (χ1v) is 22.3. The Kier molecular flexibility index (Phi) is 13.4. The lowest BCUT2D eigenvalue weighted by atomic mass is 9.80. The molecule has 8 rings (SSSR count). The monoisotopic (exact) mass is 883 g/mol. The molecule has 64 heavy (non-hydrogen) atoms. The van der Waals surface area contributed by atoms with Crippen LogP contribution >= 0.6 is 8.53 Å². The summed E-state index contributed by atoms with van der Waals surface area (Å²) in [6.45, 7) is 8.57. The molecule has 1 saturated heterocycles. The van der Waals surface area contributed by atoms with Crippen LogP contribution in [0.3, 0.4) is 0 Å². The summed E-state index contributed by atoms with van der Waals surface area (Å²) in [5.74, 6) is 0.494. The smallest absolute Gasteiger partial charge is 0.267 e. The highest BCUT2D eigenvalue weighted by Gasteiger charge is 2.46.